The van der Waals surface area contributed by atoms with Crippen molar-refractivity contribution in [2.45, 2.75) is 13.8 Å². The predicted octanol–water partition coefficient (Wildman–Crippen LogP) is 2.12. The molecule has 0 atom stereocenters. The Labute approximate surface area is 72.2 Å². The van der Waals surface area contributed by atoms with Crippen LogP contribution in [0, 0.1) is 13.8 Å². The van der Waals surface area contributed by atoms with Gasteiger partial charge in [0.2, 0.25) is 0 Å². The number of hydrogen-bond acceptors (Lipinski definition) is 2. The number of ether oxygens (including phenoxy) is 1. The summed E-state index contributed by atoms with van der Waals surface area (Å²) in [5.41, 5.74) is 2.78. The third-order valence-corrected chi connectivity index (χ3v) is 2.04. The molecule has 1 aromatic carbocycles. The fourth-order valence-corrected chi connectivity index (χ4v) is 1.17. The van der Waals surface area contributed by atoms with Crippen molar-refractivity contribution in [1.82, 2.24) is 0 Å². The van der Waals surface area contributed by atoms with Gasteiger partial charge in [0.05, 0.1) is 12.7 Å². The number of aldehydes is 1. The lowest BCUT2D eigenvalue weighted by Gasteiger charge is -2.08. The maximum absolute atomic E-state index is 10.6. The van der Waals surface area contributed by atoms with Gasteiger partial charge in [0.1, 0.15) is 5.75 Å². The molecule has 0 saturated carbocycles. The standard InChI is InChI=1S/C10H12O2/c1-7-4-5-9(6-11)10(12-3)8(7)2/h4-6H,1-3H3. The first-order valence-electron chi connectivity index (χ1n) is 3.80. The van der Waals surface area contributed by atoms with Crippen molar-refractivity contribution >= 4 is 6.29 Å². The summed E-state index contributed by atoms with van der Waals surface area (Å²) in [6.45, 7) is 3.94. The molecule has 64 valence electrons. The summed E-state index contributed by atoms with van der Waals surface area (Å²) in [5, 5.41) is 0. The summed E-state index contributed by atoms with van der Waals surface area (Å²) >= 11 is 0. The lowest BCUT2D eigenvalue weighted by Crippen LogP contribution is -1.95. The number of rotatable bonds is 2. The van der Waals surface area contributed by atoms with Gasteiger partial charge in [-0.05, 0) is 31.0 Å². The molecule has 0 radical (unpaired) electrons. The molecular formula is C10H12O2. The van der Waals surface area contributed by atoms with Crippen LogP contribution in [0.3, 0.4) is 0 Å². The van der Waals surface area contributed by atoms with Gasteiger partial charge in [-0.2, -0.15) is 0 Å². The number of aryl methyl sites for hydroxylation is 1. The maximum atomic E-state index is 10.6. The highest BCUT2D eigenvalue weighted by molar-refractivity contribution is 5.80. The Bertz CT molecular complexity index is 303. The Hall–Kier alpha value is -1.31. The number of methoxy groups -OCH3 is 1. The number of carbonyl (C=O) groups is 1. The zero-order chi connectivity index (χ0) is 9.14. The number of benzene rings is 1. The SMILES string of the molecule is COc1c(C=O)ccc(C)c1C. The first-order chi connectivity index (χ1) is 5.70. The highest BCUT2D eigenvalue weighted by Crippen LogP contribution is 2.24. The molecule has 2 heteroatoms. The van der Waals surface area contributed by atoms with Crippen molar-refractivity contribution in [1.29, 1.82) is 0 Å². The van der Waals surface area contributed by atoms with E-state index >= 15 is 0 Å². The Kier molecular flexibility index (Phi) is 2.48. The molecule has 0 fully saturated rings. The molecule has 0 amide bonds. The highest BCUT2D eigenvalue weighted by atomic mass is 16.5. The molecule has 1 rings (SSSR count). The first-order valence-corrected chi connectivity index (χ1v) is 3.80. The van der Waals surface area contributed by atoms with Crippen molar-refractivity contribution in [2.75, 3.05) is 7.11 Å². The minimum absolute atomic E-state index is 0.612. The molecule has 0 unspecified atom stereocenters. The summed E-state index contributed by atoms with van der Waals surface area (Å²) in [7, 11) is 1.58. The van der Waals surface area contributed by atoms with Gasteiger partial charge in [0.25, 0.3) is 0 Å². The van der Waals surface area contributed by atoms with Crippen molar-refractivity contribution in [3.05, 3.63) is 28.8 Å². The van der Waals surface area contributed by atoms with Crippen molar-refractivity contribution in [3.63, 3.8) is 0 Å². The molecule has 0 N–H and O–H groups in total. The molecule has 0 saturated heterocycles. The highest BCUT2D eigenvalue weighted by Gasteiger charge is 2.06. The molecule has 0 aliphatic carbocycles. The lowest BCUT2D eigenvalue weighted by atomic mass is 10.1. The normalized spacial score (nSPS) is 9.58. The fourth-order valence-electron chi connectivity index (χ4n) is 1.17. The minimum Gasteiger partial charge on any atom is -0.496 e. The second-order valence-corrected chi connectivity index (χ2v) is 2.75. The van der Waals surface area contributed by atoms with E-state index in [2.05, 4.69) is 0 Å². The Balaban J connectivity index is 3.35. The van der Waals surface area contributed by atoms with Gasteiger partial charge in [-0.1, -0.05) is 6.07 Å². The molecule has 0 aliphatic rings. The number of carbonyl (C=O) groups excluding carboxylic acids is 1. The maximum Gasteiger partial charge on any atom is 0.153 e. The molecular weight excluding hydrogens is 152 g/mol. The van der Waals surface area contributed by atoms with Gasteiger partial charge in [-0.3, -0.25) is 4.79 Å². The predicted molar refractivity (Wildman–Crippen MR) is 47.9 cm³/mol. The summed E-state index contributed by atoms with van der Waals surface area (Å²) in [6.07, 6.45) is 0.811. The van der Waals surface area contributed by atoms with Crippen molar-refractivity contribution < 1.29 is 9.53 Å². The molecule has 0 aromatic heterocycles. The average Bonchev–Trinajstić information content (AvgIpc) is 2.09. The van der Waals surface area contributed by atoms with E-state index in [1.54, 1.807) is 13.2 Å². The quantitative estimate of drug-likeness (QED) is 0.626. The van der Waals surface area contributed by atoms with Crippen LogP contribution in [-0.2, 0) is 0 Å². The van der Waals surface area contributed by atoms with Gasteiger partial charge in [0.15, 0.2) is 6.29 Å². The molecule has 0 heterocycles. The van der Waals surface area contributed by atoms with Crippen LogP contribution in [0.15, 0.2) is 12.1 Å². The van der Waals surface area contributed by atoms with E-state index in [4.69, 9.17) is 4.74 Å². The van der Waals surface area contributed by atoms with Gasteiger partial charge in [0, 0.05) is 0 Å². The van der Waals surface area contributed by atoms with E-state index in [0.717, 1.165) is 17.4 Å². The van der Waals surface area contributed by atoms with Crippen LogP contribution in [0.1, 0.15) is 21.5 Å². The summed E-state index contributed by atoms with van der Waals surface area (Å²) < 4.78 is 5.12. The summed E-state index contributed by atoms with van der Waals surface area (Å²) in [5.74, 6) is 0.685. The minimum atomic E-state index is 0.612. The summed E-state index contributed by atoms with van der Waals surface area (Å²) in [4.78, 5) is 10.6. The zero-order valence-electron chi connectivity index (χ0n) is 7.55. The van der Waals surface area contributed by atoms with Gasteiger partial charge < -0.3 is 4.74 Å². The smallest absolute Gasteiger partial charge is 0.153 e. The van der Waals surface area contributed by atoms with E-state index in [9.17, 15) is 4.79 Å². The third-order valence-electron chi connectivity index (χ3n) is 2.04. The van der Waals surface area contributed by atoms with Crippen LogP contribution in [0.4, 0.5) is 0 Å². The molecule has 1 aromatic rings. The third kappa shape index (κ3) is 1.33. The number of hydrogen-bond donors (Lipinski definition) is 0. The van der Waals surface area contributed by atoms with E-state index in [0.29, 0.717) is 11.3 Å². The molecule has 0 bridgehead atoms. The Morgan fingerprint density at radius 3 is 2.50 bits per heavy atom. The van der Waals surface area contributed by atoms with Gasteiger partial charge in [-0.25, -0.2) is 0 Å². The summed E-state index contributed by atoms with van der Waals surface area (Å²) in [6, 6.07) is 3.69. The second kappa shape index (κ2) is 3.39. The van der Waals surface area contributed by atoms with Crippen LogP contribution < -0.4 is 4.74 Å². The van der Waals surface area contributed by atoms with Crippen LogP contribution in [0.2, 0.25) is 0 Å². The van der Waals surface area contributed by atoms with Crippen LogP contribution >= 0.6 is 0 Å². The molecule has 0 aliphatic heterocycles. The monoisotopic (exact) mass is 164 g/mol. The van der Waals surface area contributed by atoms with E-state index in [-0.39, 0.29) is 0 Å². The molecule has 2 nitrogen and oxygen atoms in total. The molecule has 0 spiro atoms. The van der Waals surface area contributed by atoms with E-state index in [1.807, 2.05) is 19.9 Å². The molecule has 12 heavy (non-hydrogen) atoms. The van der Waals surface area contributed by atoms with Crippen LogP contribution in [0.5, 0.6) is 5.75 Å². The largest absolute Gasteiger partial charge is 0.496 e. The van der Waals surface area contributed by atoms with Crippen LogP contribution in [0.25, 0.3) is 0 Å². The Morgan fingerprint density at radius 2 is 2.00 bits per heavy atom. The first kappa shape index (κ1) is 8.78. The van der Waals surface area contributed by atoms with Gasteiger partial charge >= 0.3 is 0 Å². The van der Waals surface area contributed by atoms with Crippen molar-refractivity contribution in [2.24, 2.45) is 0 Å². The van der Waals surface area contributed by atoms with Crippen LogP contribution in [-0.4, -0.2) is 13.4 Å². The zero-order valence-corrected chi connectivity index (χ0v) is 7.55. The fraction of sp³-hybridized carbons (Fsp3) is 0.300. The lowest BCUT2D eigenvalue weighted by molar-refractivity contribution is 0.112. The second-order valence-electron chi connectivity index (χ2n) is 2.75. The Morgan fingerprint density at radius 1 is 1.33 bits per heavy atom. The van der Waals surface area contributed by atoms with E-state index in [1.165, 1.54) is 0 Å². The topological polar surface area (TPSA) is 26.3 Å². The van der Waals surface area contributed by atoms with E-state index < -0.39 is 0 Å². The van der Waals surface area contributed by atoms with Gasteiger partial charge in [-0.15, -0.1) is 0 Å². The average molecular weight is 164 g/mol. The van der Waals surface area contributed by atoms with Crippen molar-refractivity contribution in [3.8, 4) is 5.75 Å².